The van der Waals surface area contributed by atoms with E-state index in [1.165, 1.54) is 39.0 Å². The van der Waals surface area contributed by atoms with Crippen molar-refractivity contribution in [3.05, 3.63) is 0 Å². The van der Waals surface area contributed by atoms with Crippen LogP contribution in [0.25, 0.3) is 0 Å². The van der Waals surface area contributed by atoms with Crippen molar-refractivity contribution in [2.75, 3.05) is 0 Å². The van der Waals surface area contributed by atoms with Gasteiger partial charge in [0.15, 0.2) is 12.6 Å². The van der Waals surface area contributed by atoms with Crippen LogP contribution < -0.4 is 0 Å². The number of aliphatic hydroxyl groups is 6. The molecule has 2 saturated heterocycles. The molecule has 42 heavy (non-hydrogen) atoms. The van der Waals surface area contributed by atoms with Gasteiger partial charge in [-0.25, -0.2) is 0 Å². The quantitative estimate of drug-likeness (QED) is 0.0995. The van der Waals surface area contributed by atoms with Gasteiger partial charge in [0.25, 0.3) is 0 Å². The average molecular weight is 609 g/mol. The minimum Gasteiger partial charge on any atom is -0.481 e. The molecule has 0 aromatic carbocycles. The molecule has 2 fully saturated rings. The first kappa shape index (κ1) is 37.3. The van der Waals surface area contributed by atoms with Gasteiger partial charge in [0.1, 0.15) is 36.6 Å². The lowest BCUT2D eigenvalue weighted by Gasteiger charge is -2.46. The lowest BCUT2D eigenvalue weighted by atomic mass is 9.97. The minimum absolute atomic E-state index is 0.208. The molecule has 2 heterocycles. The number of hydrogen-bond acceptors (Lipinski definition) is 11. The van der Waals surface area contributed by atoms with Crippen LogP contribution in [0.4, 0.5) is 0 Å². The van der Waals surface area contributed by atoms with Crippen molar-refractivity contribution in [2.24, 2.45) is 0 Å². The number of carboxylic acids is 1. The molecule has 7 N–H and O–H groups in total. The highest BCUT2D eigenvalue weighted by atomic mass is 16.8. The van der Waals surface area contributed by atoms with E-state index < -0.39 is 73.5 Å². The molecular formula is C30H56O12. The molecule has 0 radical (unpaired) electrons. The number of hydrogen-bond donors (Lipinski definition) is 7. The zero-order valence-electron chi connectivity index (χ0n) is 25.5. The van der Waals surface area contributed by atoms with Crippen LogP contribution in [0.15, 0.2) is 0 Å². The Labute approximate surface area is 249 Å². The Morgan fingerprint density at radius 2 is 1.12 bits per heavy atom. The normalized spacial score (nSPS) is 35.2. The van der Waals surface area contributed by atoms with Crippen molar-refractivity contribution in [1.29, 1.82) is 0 Å². The van der Waals surface area contributed by atoms with Crippen LogP contribution in [0.3, 0.4) is 0 Å². The SMILES string of the molecule is CC(O)CCCCCCCCCCCCCC(CC(=O)O)OC1OC(C)C(O)C(O)C1OC1OC(C)C(O)C(O)C1O. The highest BCUT2D eigenvalue weighted by molar-refractivity contribution is 5.67. The van der Waals surface area contributed by atoms with Crippen molar-refractivity contribution in [1.82, 2.24) is 0 Å². The Kier molecular flexibility index (Phi) is 17.3. The number of rotatable bonds is 20. The summed E-state index contributed by atoms with van der Waals surface area (Å²) >= 11 is 0. The van der Waals surface area contributed by atoms with E-state index in [0.29, 0.717) is 6.42 Å². The highest BCUT2D eigenvalue weighted by Crippen LogP contribution is 2.31. The standard InChI is InChI=1S/C30H56O12/c1-18(31)15-13-11-9-7-5-4-6-8-10-12-14-16-21(17-22(32)33)41-30-28(26(37)24(35)20(3)40-30)42-29-27(38)25(36)23(34)19(2)39-29/h18-21,23-31,34-38H,4-17H2,1-3H3,(H,32,33). The fraction of sp³-hybridized carbons (Fsp3) is 0.967. The van der Waals surface area contributed by atoms with Crippen LogP contribution in [0.5, 0.6) is 0 Å². The summed E-state index contributed by atoms with van der Waals surface area (Å²) in [6.07, 6.45) is -1.09. The van der Waals surface area contributed by atoms with E-state index in [-0.39, 0.29) is 12.5 Å². The monoisotopic (exact) mass is 608 g/mol. The molecule has 2 aliphatic heterocycles. The Hall–Kier alpha value is -0.930. The van der Waals surface area contributed by atoms with Crippen molar-refractivity contribution in [2.45, 2.75) is 184 Å². The van der Waals surface area contributed by atoms with E-state index in [1.54, 1.807) is 6.92 Å². The summed E-state index contributed by atoms with van der Waals surface area (Å²) in [6, 6.07) is 0. The summed E-state index contributed by atoms with van der Waals surface area (Å²) in [5.74, 6) is -1.05. The fourth-order valence-corrected chi connectivity index (χ4v) is 5.54. The fourth-order valence-electron chi connectivity index (χ4n) is 5.54. The number of unbranched alkanes of at least 4 members (excludes halogenated alkanes) is 10. The van der Waals surface area contributed by atoms with E-state index in [0.717, 1.165) is 44.9 Å². The molecule has 0 spiro atoms. The Bertz CT molecular complexity index is 739. The lowest BCUT2D eigenvalue weighted by Crippen LogP contribution is -2.63. The second-order valence-corrected chi connectivity index (χ2v) is 12.1. The Morgan fingerprint density at radius 3 is 1.62 bits per heavy atom. The predicted molar refractivity (Wildman–Crippen MR) is 152 cm³/mol. The predicted octanol–water partition coefficient (Wildman–Crippen LogP) is 1.98. The van der Waals surface area contributed by atoms with Gasteiger partial charge in [0.05, 0.1) is 30.8 Å². The smallest absolute Gasteiger partial charge is 0.305 e. The van der Waals surface area contributed by atoms with Gasteiger partial charge in [0.2, 0.25) is 0 Å². The molecule has 0 aromatic rings. The van der Waals surface area contributed by atoms with E-state index >= 15 is 0 Å². The summed E-state index contributed by atoms with van der Waals surface area (Å²) in [5, 5.41) is 70.4. The molecule has 12 nitrogen and oxygen atoms in total. The van der Waals surface area contributed by atoms with Crippen LogP contribution >= 0.6 is 0 Å². The van der Waals surface area contributed by atoms with Crippen molar-refractivity contribution < 1.29 is 59.5 Å². The number of aliphatic hydroxyl groups excluding tert-OH is 6. The largest absolute Gasteiger partial charge is 0.481 e. The molecule has 12 atom stereocenters. The van der Waals surface area contributed by atoms with Gasteiger partial charge < -0.3 is 54.7 Å². The third-order valence-electron chi connectivity index (χ3n) is 8.26. The molecule has 0 aromatic heterocycles. The van der Waals surface area contributed by atoms with Gasteiger partial charge in [0, 0.05) is 0 Å². The molecule has 248 valence electrons. The molecule has 12 heteroatoms. The Morgan fingerprint density at radius 1 is 0.667 bits per heavy atom. The summed E-state index contributed by atoms with van der Waals surface area (Å²) in [7, 11) is 0. The van der Waals surface area contributed by atoms with E-state index in [1.807, 2.05) is 6.92 Å². The van der Waals surface area contributed by atoms with Crippen LogP contribution in [-0.2, 0) is 23.7 Å². The zero-order chi connectivity index (χ0) is 31.2. The summed E-state index contributed by atoms with van der Waals surface area (Å²) in [4.78, 5) is 11.6. The molecule has 0 saturated carbocycles. The first-order chi connectivity index (χ1) is 19.9. The molecule has 12 unspecified atom stereocenters. The number of carbonyl (C=O) groups is 1. The maximum absolute atomic E-state index is 11.6. The molecule has 2 rings (SSSR count). The molecule has 0 amide bonds. The number of aliphatic carboxylic acids is 1. The zero-order valence-corrected chi connectivity index (χ0v) is 25.5. The van der Waals surface area contributed by atoms with Gasteiger partial charge in [-0.3, -0.25) is 4.79 Å². The summed E-state index contributed by atoms with van der Waals surface area (Å²) in [5.41, 5.74) is 0. The first-order valence-corrected chi connectivity index (χ1v) is 15.8. The Balaban J connectivity index is 1.81. The third-order valence-corrected chi connectivity index (χ3v) is 8.26. The lowest BCUT2D eigenvalue weighted by molar-refractivity contribution is -0.366. The van der Waals surface area contributed by atoms with E-state index in [9.17, 15) is 40.5 Å². The van der Waals surface area contributed by atoms with Crippen LogP contribution in [0.1, 0.15) is 111 Å². The second kappa shape index (κ2) is 19.5. The van der Waals surface area contributed by atoms with Crippen LogP contribution in [0, 0.1) is 0 Å². The molecule has 2 aliphatic rings. The minimum atomic E-state index is -1.64. The van der Waals surface area contributed by atoms with Gasteiger partial charge in [-0.2, -0.15) is 0 Å². The van der Waals surface area contributed by atoms with Crippen molar-refractivity contribution in [3.8, 4) is 0 Å². The van der Waals surface area contributed by atoms with Gasteiger partial charge in [-0.05, 0) is 33.6 Å². The van der Waals surface area contributed by atoms with Crippen LogP contribution in [0.2, 0.25) is 0 Å². The maximum atomic E-state index is 11.6. The average Bonchev–Trinajstić information content (AvgIpc) is 2.93. The van der Waals surface area contributed by atoms with E-state index in [4.69, 9.17) is 18.9 Å². The molecule has 0 bridgehead atoms. The van der Waals surface area contributed by atoms with Crippen LogP contribution in [-0.4, -0.2) is 115 Å². The second-order valence-electron chi connectivity index (χ2n) is 12.1. The van der Waals surface area contributed by atoms with E-state index in [2.05, 4.69) is 0 Å². The highest BCUT2D eigenvalue weighted by Gasteiger charge is 2.50. The molecular weight excluding hydrogens is 552 g/mol. The summed E-state index contributed by atoms with van der Waals surface area (Å²) < 4.78 is 23.0. The van der Waals surface area contributed by atoms with Gasteiger partial charge in [-0.1, -0.05) is 70.6 Å². The maximum Gasteiger partial charge on any atom is 0.305 e. The third kappa shape index (κ3) is 12.6. The van der Waals surface area contributed by atoms with Crippen molar-refractivity contribution >= 4 is 5.97 Å². The number of ether oxygens (including phenoxy) is 4. The topological polar surface area (TPSA) is 196 Å². The molecule has 0 aliphatic carbocycles. The van der Waals surface area contributed by atoms with Crippen molar-refractivity contribution in [3.63, 3.8) is 0 Å². The number of carboxylic acid groups (broad SMARTS) is 1. The van der Waals surface area contributed by atoms with Gasteiger partial charge >= 0.3 is 5.97 Å². The first-order valence-electron chi connectivity index (χ1n) is 15.8. The van der Waals surface area contributed by atoms with Gasteiger partial charge in [-0.15, -0.1) is 0 Å². The summed E-state index contributed by atoms with van der Waals surface area (Å²) in [6.45, 7) is 4.86.